The van der Waals surface area contributed by atoms with Crippen LogP contribution in [0.4, 0.5) is 10.1 Å². The molecule has 11 heteroatoms. The summed E-state index contributed by atoms with van der Waals surface area (Å²) in [5.41, 5.74) is 0.565. The van der Waals surface area contributed by atoms with E-state index in [4.69, 9.17) is 0 Å². The first-order valence-corrected chi connectivity index (χ1v) is 13.3. The molecule has 33 heavy (non-hydrogen) atoms. The number of amides is 1. The number of hydrogen-bond acceptors (Lipinski definition) is 7. The van der Waals surface area contributed by atoms with E-state index in [1.165, 1.54) is 28.3 Å². The van der Waals surface area contributed by atoms with Crippen LogP contribution in [0.2, 0.25) is 0 Å². The second kappa shape index (κ2) is 10.4. The number of halogens is 1. The average molecular weight is 494 g/mol. The number of aromatic nitrogens is 1. The Balaban J connectivity index is 1.27. The Hall–Kier alpha value is -2.21. The molecule has 0 unspecified atom stereocenters. The minimum atomic E-state index is -3.55. The second-order valence-corrected chi connectivity index (χ2v) is 11.1. The summed E-state index contributed by atoms with van der Waals surface area (Å²) in [5.74, 6) is -0.0434. The highest BCUT2D eigenvalue weighted by atomic mass is 32.2. The first kappa shape index (κ1) is 23.9. The van der Waals surface area contributed by atoms with Gasteiger partial charge >= 0.3 is 0 Å². The number of sulfonamides is 1. The number of likely N-dealkylation sites (N-methyl/N-ethyl adjacent to an activating group) is 1. The van der Waals surface area contributed by atoms with Crippen molar-refractivity contribution in [2.75, 3.05) is 70.1 Å². The molecule has 0 radical (unpaired) electrons. The van der Waals surface area contributed by atoms with Gasteiger partial charge in [-0.3, -0.25) is 4.79 Å². The van der Waals surface area contributed by atoms with Crippen molar-refractivity contribution < 1.29 is 17.6 Å². The topological polar surface area (TPSA) is 77.1 Å². The van der Waals surface area contributed by atoms with Crippen molar-refractivity contribution >= 4 is 33.4 Å². The lowest BCUT2D eigenvalue weighted by molar-refractivity contribution is -0.128. The summed E-state index contributed by atoms with van der Waals surface area (Å²) < 4.78 is 41.1. The lowest BCUT2D eigenvalue weighted by Gasteiger charge is -2.36. The van der Waals surface area contributed by atoms with Crippen LogP contribution in [0.5, 0.6) is 0 Å². The number of pyridine rings is 1. The average Bonchev–Trinajstić information content (AvgIpc) is 2.83. The molecule has 0 aliphatic carbocycles. The van der Waals surface area contributed by atoms with Crippen LogP contribution < -0.4 is 4.90 Å². The van der Waals surface area contributed by atoms with Gasteiger partial charge in [-0.15, -0.1) is 0 Å². The van der Waals surface area contributed by atoms with E-state index in [9.17, 15) is 17.6 Å². The van der Waals surface area contributed by atoms with E-state index < -0.39 is 10.0 Å². The van der Waals surface area contributed by atoms with Crippen molar-refractivity contribution in [1.82, 2.24) is 19.1 Å². The van der Waals surface area contributed by atoms with Crippen LogP contribution in [-0.2, 0) is 14.8 Å². The predicted octanol–water partition coefficient (Wildman–Crippen LogP) is 1.60. The molecule has 0 saturated carbocycles. The Morgan fingerprint density at radius 2 is 1.70 bits per heavy atom. The first-order valence-electron chi connectivity index (χ1n) is 10.9. The van der Waals surface area contributed by atoms with Crippen LogP contribution in [0.1, 0.15) is 0 Å². The third kappa shape index (κ3) is 5.65. The van der Waals surface area contributed by atoms with Crippen molar-refractivity contribution in [2.45, 2.75) is 9.92 Å². The van der Waals surface area contributed by atoms with Gasteiger partial charge in [-0.1, -0.05) is 23.9 Å². The molecule has 4 rings (SSSR count). The monoisotopic (exact) mass is 493 g/mol. The van der Waals surface area contributed by atoms with Gasteiger partial charge in [-0.25, -0.2) is 17.8 Å². The highest BCUT2D eigenvalue weighted by Gasteiger charge is 2.28. The van der Waals surface area contributed by atoms with Crippen LogP contribution in [0.15, 0.2) is 52.5 Å². The molecule has 2 aromatic rings. The molecule has 1 aromatic heterocycles. The Labute approximate surface area is 198 Å². The normalized spacial score (nSPS) is 18.5. The predicted molar refractivity (Wildman–Crippen MR) is 126 cm³/mol. The molecule has 1 aromatic carbocycles. The largest absolute Gasteiger partial charge is 0.366 e. The lowest BCUT2D eigenvalue weighted by Crippen LogP contribution is -2.49. The number of para-hydroxylation sites is 1. The minimum absolute atomic E-state index is 0.0101. The van der Waals surface area contributed by atoms with Gasteiger partial charge in [-0.2, -0.15) is 4.31 Å². The van der Waals surface area contributed by atoms with E-state index in [2.05, 4.69) is 9.88 Å². The minimum Gasteiger partial charge on any atom is -0.366 e. The van der Waals surface area contributed by atoms with Crippen LogP contribution in [0, 0.1) is 5.82 Å². The highest BCUT2D eigenvalue weighted by Crippen LogP contribution is 2.23. The number of rotatable bonds is 6. The molecule has 178 valence electrons. The van der Waals surface area contributed by atoms with E-state index in [0.717, 1.165) is 0 Å². The standard InChI is InChI=1S/C22H28FN5O3S2/c1-25-8-14-28(15-9-25)33(30,31)18-6-7-21(24-16-18)32-17-22(29)27-12-10-26(11-13-27)20-5-3-2-4-19(20)23/h2-7,16H,8-15,17H2,1H3. The molecule has 8 nitrogen and oxygen atoms in total. The number of benzene rings is 1. The molecule has 0 atom stereocenters. The summed E-state index contributed by atoms with van der Waals surface area (Å²) >= 11 is 1.29. The summed E-state index contributed by atoms with van der Waals surface area (Å²) in [4.78, 5) is 22.9. The van der Waals surface area contributed by atoms with E-state index in [1.54, 1.807) is 35.2 Å². The van der Waals surface area contributed by atoms with Gasteiger partial charge < -0.3 is 14.7 Å². The third-order valence-electron chi connectivity index (χ3n) is 5.98. The number of anilines is 1. The fourth-order valence-corrected chi connectivity index (χ4v) is 6.03. The van der Waals surface area contributed by atoms with Crippen LogP contribution in [0.25, 0.3) is 0 Å². The quantitative estimate of drug-likeness (QED) is 0.566. The number of nitrogens with zero attached hydrogens (tertiary/aromatic N) is 5. The zero-order valence-corrected chi connectivity index (χ0v) is 20.2. The number of hydrogen-bond donors (Lipinski definition) is 0. The Morgan fingerprint density at radius 1 is 1.00 bits per heavy atom. The van der Waals surface area contributed by atoms with Gasteiger partial charge in [0.25, 0.3) is 0 Å². The zero-order chi connectivity index (χ0) is 23.4. The fraction of sp³-hybridized carbons (Fsp3) is 0.455. The van der Waals surface area contributed by atoms with E-state index >= 15 is 0 Å². The van der Waals surface area contributed by atoms with Gasteiger partial charge in [0.2, 0.25) is 15.9 Å². The molecule has 2 saturated heterocycles. The second-order valence-electron chi connectivity index (χ2n) is 8.15. The lowest BCUT2D eigenvalue weighted by atomic mass is 10.2. The Bertz CT molecular complexity index is 1070. The molecular weight excluding hydrogens is 465 g/mol. The molecule has 2 aliphatic rings. The van der Waals surface area contributed by atoms with E-state index in [0.29, 0.717) is 63.1 Å². The first-order chi connectivity index (χ1) is 15.8. The highest BCUT2D eigenvalue weighted by molar-refractivity contribution is 7.99. The molecule has 2 aliphatic heterocycles. The van der Waals surface area contributed by atoms with Gasteiger partial charge in [-0.05, 0) is 31.3 Å². The molecule has 0 spiro atoms. The molecule has 1 amide bonds. The summed E-state index contributed by atoms with van der Waals surface area (Å²) in [7, 11) is -1.58. The Morgan fingerprint density at radius 3 is 2.33 bits per heavy atom. The molecule has 0 N–H and O–H groups in total. The number of carbonyl (C=O) groups excluding carboxylic acids is 1. The zero-order valence-electron chi connectivity index (χ0n) is 18.6. The Kier molecular flexibility index (Phi) is 7.52. The van der Waals surface area contributed by atoms with Crippen molar-refractivity contribution in [1.29, 1.82) is 0 Å². The maximum atomic E-state index is 14.0. The number of thioether (sulfide) groups is 1. The van der Waals surface area contributed by atoms with Gasteiger partial charge in [0.15, 0.2) is 0 Å². The smallest absolute Gasteiger partial charge is 0.244 e. The maximum absolute atomic E-state index is 14.0. The van der Waals surface area contributed by atoms with Crippen LogP contribution in [-0.4, -0.2) is 98.6 Å². The van der Waals surface area contributed by atoms with Crippen molar-refractivity contribution in [2.24, 2.45) is 0 Å². The number of carbonyl (C=O) groups is 1. The number of piperazine rings is 2. The van der Waals surface area contributed by atoms with Gasteiger partial charge in [0.1, 0.15) is 10.7 Å². The summed E-state index contributed by atoms with van der Waals surface area (Å²) in [6.07, 6.45) is 1.37. The maximum Gasteiger partial charge on any atom is 0.244 e. The molecule has 3 heterocycles. The van der Waals surface area contributed by atoms with Crippen molar-refractivity contribution in [3.63, 3.8) is 0 Å². The summed E-state index contributed by atoms with van der Waals surface area (Å²) in [6, 6.07) is 9.87. The van der Waals surface area contributed by atoms with Gasteiger partial charge in [0, 0.05) is 58.6 Å². The van der Waals surface area contributed by atoms with Crippen LogP contribution >= 0.6 is 11.8 Å². The third-order valence-corrected chi connectivity index (χ3v) is 8.79. The van der Waals surface area contributed by atoms with Gasteiger partial charge in [0.05, 0.1) is 16.5 Å². The van der Waals surface area contributed by atoms with E-state index in [-0.39, 0.29) is 22.4 Å². The fourth-order valence-electron chi connectivity index (χ4n) is 3.91. The summed E-state index contributed by atoms with van der Waals surface area (Å²) in [5, 5.41) is 0.602. The molecule has 2 fully saturated rings. The van der Waals surface area contributed by atoms with E-state index in [1.807, 2.05) is 11.9 Å². The van der Waals surface area contributed by atoms with Crippen molar-refractivity contribution in [3.8, 4) is 0 Å². The molecular formula is C22H28FN5O3S2. The van der Waals surface area contributed by atoms with Crippen LogP contribution in [0.3, 0.4) is 0 Å². The molecule has 0 bridgehead atoms. The summed E-state index contributed by atoms with van der Waals surface area (Å²) in [6.45, 7) is 4.56. The SMILES string of the molecule is CN1CCN(S(=O)(=O)c2ccc(SCC(=O)N3CCN(c4ccccc4F)CC3)nc2)CC1. The van der Waals surface area contributed by atoms with Crippen molar-refractivity contribution in [3.05, 3.63) is 48.4 Å².